The molecule has 0 amide bonds. The second kappa shape index (κ2) is 6.50. The van der Waals surface area contributed by atoms with E-state index in [2.05, 4.69) is 20.8 Å². The lowest BCUT2D eigenvalue weighted by molar-refractivity contribution is 0.165. The predicted molar refractivity (Wildman–Crippen MR) is 64.7 cm³/mol. The Hall–Kier alpha value is -0.0700. The number of alkyl halides is 1. The summed E-state index contributed by atoms with van der Waals surface area (Å²) in [5.41, 5.74) is 0. The maximum atomic E-state index is 13.5. The van der Waals surface area contributed by atoms with Crippen molar-refractivity contribution in [1.29, 1.82) is 0 Å². The lowest BCUT2D eigenvalue weighted by Gasteiger charge is -2.25. The highest BCUT2D eigenvalue weighted by molar-refractivity contribution is 4.91. The molecule has 4 unspecified atom stereocenters. The molecule has 0 aromatic rings. The summed E-state index contributed by atoms with van der Waals surface area (Å²) < 4.78 is 13.5. The number of fused-ring (bicyclic) bond motifs is 1. The molecule has 1 heteroatoms. The van der Waals surface area contributed by atoms with Crippen molar-refractivity contribution in [2.24, 2.45) is 17.8 Å². The summed E-state index contributed by atoms with van der Waals surface area (Å²) in [6.07, 6.45) is 8.41. The monoisotopic (exact) mass is 214 g/mol. The molecule has 0 nitrogen and oxygen atoms in total. The van der Waals surface area contributed by atoms with Crippen LogP contribution in [0.1, 0.15) is 65.7 Å². The van der Waals surface area contributed by atoms with Crippen molar-refractivity contribution < 1.29 is 4.39 Å². The molecule has 0 radical (unpaired) electrons. The molecule has 2 aliphatic rings. The molecule has 0 aromatic heterocycles. The third-order valence-electron chi connectivity index (χ3n) is 4.10. The Bertz CT molecular complexity index is 165. The number of hydrogen-bond donors (Lipinski definition) is 0. The van der Waals surface area contributed by atoms with Crippen molar-refractivity contribution in [3.05, 3.63) is 0 Å². The molecule has 0 aromatic carbocycles. The van der Waals surface area contributed by atoms with Crippen LogP contribution in [0.5, 0.6) is 0 Å². The van der Waals surface area contributed by atoms with Gasteiger partial charge in [0.05, 0.1) is 0 Å². The van der Waals surface area contributed by atoms with Gasteiger partial charge in [-0.15, -0.1) is 0 Å². The van der Waals surface area contributed by atoms with Crippen LogP contribution in [-0.2, 0) is 0 Å². The van der Waals surface area contributed by atoms with Crippen molar-refractivity contribution in [3.8, 4) is 0 Å². The van der Waals surface area contributed by atoms with Gasteiger partial charge >= 0.3 is 0 Å². The Morgan fingerprint density at radius 3 is 2.20 bits per heavy atom. The highest BCUT2D eigenvalue weighted by atomic mass is 19.1. The highest BCUT2D eigenvalue weighted by Gasteiger charge is 2.41. The molecule has 0 spiro atoms. The molecule has 0 bridgehead atoms. The first-order valence-electron chi connectivity index (χ1n) is 6.84. The fraction of sp³-hybridized carbons (Fsp3) is 1.00. The molecular weight excluding hydrogens is 187 g/mol. The molecule has 2 fully saturated rings. The van der Waals surface area contributed by atoms with Gasteiger partial charge in [-0.05, 0) is 30.6 Å². The van der Waals surface area contributed by atoms with Crippen molar-refractivity contribution in [3.63, 3.8) is 0 Å². The Kier molecular flexibility index (Phi) is 5.63. The molecular formula is C14H27F. The van der Waals surface area contributed by atoms with E-state index in [0.717, 1.165) is 18.8 Å². The summed E-state index contributed by atoms with van der Waals surface area (Å²) in [5, 5.41) is 0. The zero-order chi connectivity index (χ0) is 11.3. The van der Waals surface area contributed by atoms with E-state index < -0.39 is 6.17 Å². The average molecular weight is 214 g/mol. The summed E-state index contributed by atoms with van der Waals surface area (Å²) in [6.45, 7) is 6.43. The average Bonchev–Trinajstić information content (AvgIpc) is 2.56. The van der Waals surface area contributed by atoms with E-state index in [1.54, 1.807) is 0 Å². The van der Waals surface area contributed by atoms with Crippen LogP contribution in [0, 0.1) is 17.8 Å². The van der Waals surface area contributed by atoms with Gasteiger partial charge in [-0.25, -0.2) is 4.39 Å². The topological polar surface area (TPSA) is 0 Å². The second-order valence-corrected chi connectivity index (χ2v) is 5.37. The van der Waals surface area contributed by atoms with E-state index in [1.165, 1.54) is 32.1 Å². The Morgan fingerprint density at radius 2 is 1.67 bits per heavy atom. The highest BCUT2D eigenvalue weighted by Crippen LogP contribution is 2.46. The molecule has 2 rings (SSSR count). The van der Waals surface area contributed by atoms with Gasteiger partial charge in [0, 0.05) is 0 Å². The van der Waals surface area contributed by atoms with Crippen LogP contribution in [0.15, 0.2) is 0 Å². The van der Waals surface area contributed by atoms with E-state index in [0.29, 0.717) is 11.8 Å². The van der Waals surface area contributed by atoms with Crippen LogP contribution in [0.2, 0.25) is 0 Å². The van der Waals surface area contributed by atoms with Crippen LogP contribution in [0.4, 0.5) is 4.39 Å². The number of rotatable bonds is 1. The molecule has 2 aliphatic carbocycles. The zero-order valence-corrected chi connectivity index (χ0v) is 10.6. The summed E-state index contributed by atoms with van der Waals surface area (Å²) in [5.74, 6) is 1.54. The minimum Gasteiger partial charge on any atom is -0.247 e. The van der Waals surface area contributed by atoms with E-state index in [4.69, 9.17) is 0 Å². The molecule has 90 valence electrons. The minimum absolute atomic E-state index is 0.350. The smallest absolute Gasteiger partial charge is 0.106 e. The van der Waals surface area contributed by atoms with Crippen LogP contribution in [0.25, 0.3) is 0 Å². The van der Waals surface area contributed by atoms with Crippen molar-refractivity contribution in [2.45, 2.75) is 71.9 Å². The van der Waals surface area contributed by atoms with Gasteiger partial charge in [0.25, 0.3) is 0 Å². The third kappa shape index (κ3) is 3.46. The predicted octanol–water partition coefficient (Wildman–Crippen LogP) is 4.98. The minimum atomic E-state index is -0.472. The van der Waals surface area contributed by atoms with Crippen LogP contribution in [-0.4, -0.2) is 6.17 Å². The third-order valence-corrected chi connectivity index (χ3v) is 4.10. The van der Waals surface area contributed by atoms with Crippen LogP contribution in [0.3, 0.4) is 0 Å². The van der Waals surface area contributed by atoms with Gasteiger partial charge in [-0.3, -0.25) is 0 Å². The molecule has 0 N–H and O–H groups in total. The fourth-order valence-electron chi connectivity index (χ4n) is 2.98. The summed E-state index contributed by atoms with van der Waals surface area (Å²) in [4.78, 5) is 0. The SMILES string of the molecule is CC1CC2CCCCC2C1F.CCCC. The number of halogens is 1. The quantitative estimate of drug-likeness (QED) is 0.577. The van der Waals surface area contributed by atoms with Gasteiger partial charge in [-0.1, -0.05) is 52.9 Å². The molecule has 0 aliphatic heterocycles. The standard InChI is InChI=1S/C10H17F.C4H10/c1-7-6-8-4-2-3-5-9(8)10(7)11;1-3-4-2/h7-10H,2-6H2,1H3;3-4H2,1-2H3. The Morgan fingerprint density at radius 1 is 1.07 bits per heavy atom. The van der Waals surface area contributed by atoms with Gasteiger partial charge in [0.2, 0.25) is 0 Å². The summed E-state index contributed by atoms with van der Waals surface area (Å²) in [6, 6.07) is 0. The van der Waals surface area contributed by atoms with Crippen LogP contribution < -0.4 is 0 Å². The Labute approximate surface area is 94.6 Å². The van der Waals surface area contributed by atoms with Gasteiger partial charge in [0.15, 0.2) is 0 Å². The first-order chi connectivity index (χ1) is 7.20. The molecule has 4 atom stereocenters. The maximum absolute atomic E-state index is 13.5. The van der Waals surface area contributed by atoms with E-state index in [1.807, 2.05) is 0 Å². The summed E-state index contributed by atoms with van der Waals surface area (Å²) >= 11 is 0. The molecule has 0 heterocycles. The molecule has 15 heavy (non-hydrogen) atoms. The number of unbranched alkanes of at least 4 members (excludes halogenated alkanes) is 1. The van der Waals surface area contributed by atoms with Gasteiger partial charge in [-0.2, -0.15) is 0 Å². The normalized spacial score (nSPS) is 39.2. The lowest BCUT2D eigenvalue weighted by atomic mass is 9.81. The first kappa shape index (κ1) is 13.0. The Balaban J connectivity index is 0.000000245. The maximum Gasteiger partial charge on any atom is 0.106 e. The largest absolute Gasteiger partial charge is 0.247 e. The van der Waals surface area contributed by atoms with E-state index in [-0.39, 0.29) is 0 Å². The first-order valence-corrected chi connectivity index (χ1v) is 6.84. The van der Waals surface area contributed by atoms with E-state index >= 15 is 0 Å². The second-order valence-electron chi connectivity index (χ2n) is 5.37. The molecule has 2 saturated carbocycles. The van der Waals surface area contributed by atoms with Gasteiger partial charge < -0.3 is 0 Å². The van der Waals surface area contributed by atoms with Crippen molar-refractivity contribution in [1.82, 2.24) is 0 Å². The van der Waals surface area contributed by atoms with Crippen LogP contribution >= 0.6 is 0 Å². The zero-order valence-electron chi connectivity index (χ0n) is 10.6. The van der Waals surface area contributed by atoms with Crippen molar-refractivity contribution in [2.75, 3.05) is 0 Å². The summed E-state index contributed by atoms with van der Waals surface area (Å²) in [7, 11) is 0. The lowest BCUT2D eigenvalue weighted by Crippen LogP contribution is -2.20. The van der Waals surface area contributed by atoms with Gasteiger partial charge in [0.1, 0.15) is 6.17 Å². The van der Waals surface area contributed by atoms with E-state index in [9.17, 15) is 4.39 Å². The fourth-order valence-corrected chi connectivity index (χ4v) is 2.98. The van der Waals surface area contributed by atoms with Crippen molar-refractivity contribution >= 4 is 0 Å². The molecule has 0 saturated heterocycles. The number of hydrogen-bond acceptors (Lipinski definition) is 0.